The molecule has 0 spiro atoms. The van der Waals surface area contributed by atoms with Gasteiger partial charge in [0.05, 0.1) is 0 Å². The summed E-state index contributed by atoms with van der Waals surface area (Å²) in [6.45, 7) is 6.61. The molecule has 23 heavy (non-hydrogen) atoms. The fourth-order valence-corrected chi connectivity index (χ4v) is 3.32. The summed E-state index contributed by atoms with van der Waals surface area (Å²) in [6, 6.07) is 10.8. The third-order valence-corrected chi connectivity index (χ3v) is 4.83. The number of hydrogen-bond donors (Lipinski definition) is 0. The van der Waals surface area contributed by atoms with Gasteiger partial charge in [-0.25, -0.2) is 0 Å². The van der Waals surface area contributed by atoms with Crippen molar-refractivity contribution in [3.8, 4) is 0 Å². The van der Waals surface area contributed by atoms with Gasteiger partial charge in [-0.05, 0) is 24.8 Å². The molecule has 0 aliphatic carbocycles. The van der Waals surface area contributed by atoms with E-state index in [2.05, 4.69) is 44.2 Å². The van der Waals surface area contributed by atoms with Gasteiger partial charge in [0.1, 0.15) is 0 Å². The van der Waals surface area contributed by atoms with Crippen LogP contribution in [0.25, 0.3) is 0 Å². The normalized spacial score (nSPS) is 12.4. The quantitative estimate of drug-likeness (QED) is 0.290. The first-order chi connectivity index (χ1) is 11.3. The zero-order valence-corrected chi connectivity index (χ0v) is 15.6. The van der Waals surface area contributed by atoms with Crippen molar-refractivity contribution in [1.29, 1.82) is 0 Å². The van der Waals surface area contributed by atoms with Crippen molar-refractivity contribution in [2.75, 3.05) is 0 Å². The molecule has 0 fully saturated rings. The molecule has 0 aromatic heterocycles. The fraction of sp³-hybridized carbons (Fsp3) is 0.696. The molecule has 0 N–H and O–H groups in total. The molecule has 1 unspecified atom stereocenters. The Morgan fingerprint density at radius 2 is 1.17 bits per heavy atom. The highest BCUT2D eigenvalue weighted by molar-refractivity contribution is 5.15. The summed E-state index contributed by atoms with van der Waals surface area (Å²) in [7, 11) is 0. The lowest BCUT2D eigenvalue weighted by molar-refractivity contribution is 0.504. The number of rotatable bonds is 15. The molecular weight excluding hydrogens is 276 g/mol. The molecule has 1 aromatic rings. The first kappa shape index (κ1) is 20.3. The standard InChI is InChI=1S/C23H39/c1-3-4-5-6-7-8-9-10-11-12-13-15-18-22(2)21-23-19-16-14-17-20-23/h14,16-17,19-20,22H,2-13,15,18,21H2,1H3. The predicted molar refractivity (Wildman–Crippen MR) is 105 cm³/mol. The van der Waals surface area contributed by atoms with Crippen LogP contribution in [-0.4, -0.2) is 0 Å². The van der Waals surface area contributed by atoms with Crippen LogP contribution in [0, 0.1) is 12.8 Å². The summed E-state index contributed by atoms with van der Waals surface area (Å²) in [6.07, 6.45) is 19.6. The summed E-state index contributed by atoms with van der Waals surface area (Å²) in [5.41, 5.74) is 1.44. The van der Waals surface area contributed by atoms with E-state index in [1.165, 1.54) is 89.0 Å². The summed E-state index contributed by atoms with van der Waals surface area (Å²) in [5.74, 6) is 0.584. The molecule has 0 heteroatoms. The van der Waals surface area contributed by atoms with E-state index in [0.717, 1.165) is 6.42 Å². The monoisotopic (exact) mass is 315 g/mol. The van der Waals surface area contributed by atoms with Gasteiger partial charge in [-0.3, -0.25) is 0 Å². The Hall–Kier alpha value is -0.780. The van der Waals surface area contributed by atoms with Crippen LogP contribution in [0.1, 0.15) is 96.0 Å². The smallest absolute Gasteiger partial charge is 0.0250 e. The maximum absolute atomic E-state index is 4.32. The largest absolute Gasteiger partial charge is 0.0654 e. The first-order valence-electron chi connectivity index (χ1n) is 10.2. The number of unbranched alkanes of at least 4 members (excludes halogenated alkanes) is 11. The van der Waals surface area contributed by atoms with Gasteiger partial charge < -0.3 is 0 Å². The summed E-state index contributed by atoms with van der Waals surface area (Å²) in [5, 5.41) is 0. The zero-order valence-electron chi connectivity index (χ0n) is 15.6. The highest BCUT2D eigenvalue weighted by atomic mass is 14.1. The van der Waals surface area contributed by atoms with E-state index < -0.39 is 0 Å². The maximum Gasteiger partial charge on any atom is -0.0250 e. The fourth-order valence-electron chi connectivity index (χ4n) is 3.32. The van der Waals surface area contributed by atoms with Crippen molar-refractivity contribution in [1.82, 2.24) is 0 Å². The van der Waals surface area contributed by atoms with Gasteiger partial charge in [-0.15, -0.1) is 0 Å². The molecule has 0 amide bonds. The summed E-state index contributed by atoms with van der Waals surface area (Å²) in [4.78, 5) is 0. The van der Waals surface area contributed by atoms with Gasteiger partial charge in [0.25, 0.3) is 0 Å². The van der Waals surface area contributed by atoms with Crippen molar-refractivity contribution in [3.63, 3.8) is 0 Å². The Morgan fingerprint density at radius 1 is 0.696 bits per heavy atom. The van der Waals surface area contributed by atoms with Gasteiger partial charge in [0.2, 0.25) is 0 Å². The molecule has 0 bridgehead atoms. The number of hydrogen-bond acceptors (Lipinski definition) is 0. The van der Waals surface area contributed by atoms with Crippen LogP contribution in [0.2, 0.25) is 0 Å². The van der Waals surface area contributed by atoms with Gasteiger partial charge in [0, 0.05) is 0 Å². The molecule has 1 rings (SSSR count). The second-order valence-corrected chi connectivity index (χ2v) is 7.23. The number of benzene rings is 1. The van der Waals surface area contributed by atoms with Gasteiger partial charge in [0.15, 0.2) is 0 Å². The van der Waals surface area contributed by atoms with E-state index in [9.17, 15) is 0 Å². The minimum absolute atomic E-state index is 0.584. The van der Waals surface area contributed by atoms with Crippen molar-refractivity contribution in [2.24, 2.45) is 5.92 Å². The van der Waals surface area contributed by atoms with E-state index >= 15 is 0 Å². The maximum atomic E-state index is 4.32. The van der Waals surface area contributed by atoms with Crippen LogP contribution in [0.5, 0.6) is 0 Å². The van der Waals surface area contributed by atoms with Crippen molar-refractivity contribution in [3.05, 3.63) is 42.8 Å². The van der Waals surface area contributed by atoms with E-state index in [-0.39, 0.29) is 0 Å². The third kappa shape index (κ3) is 12.3. The SMILES string of the molecule is [CH2]C(CCCCCCCCCCCCCC)Cc1ccccc1. The topological polar surface area (TPSA) is 0 Å². The van der Waals surface area contributed by atoms with Crippen LogP contribution in [-0.2, 0) is 6.42 Å². The van der Waals surface area contributed by atoms with E-state index in [4.69, 9.17) is 0 Å². The average Bonchev–Trinajstić information content (AvgIpc) is 2.57. The molecule has 131 valence electrons. The summed E-state index contributed by atoms with van der Waals surface area (Å²) >= 11 is 0. The van der Waals surface area contributed by atoms with Crippen LogP contribution < -0.4 is 0 Å². The Bertz CT molecular complexity index is 340. The molecule has 0 heterocycles. The zero-order chi connectivity index (χ0) is 16.6. The minimum atomic E-state index is 0.584. The minimum Gasteiger partial charge on any atom is -0.0654 e. The first-order valence-corrected chi connectivity index (χ1v) is 10.2. The molecular formula is C23H39. The Kier molecular flexibility index (Phi) is 13.0. The molecule has 0 nitrogen and oxygen atoms in total. The Labute approximate surface area is 146 Å². The second kappa shape index (κ2) is 14.8. The Morgan fingerprint density at radius 3 is 1.70 bits per heavy atom. The molecule has 1 aromatic carbocycles. The highest BCUT2D eigenvalue weighted by Gasteiger charge is 2.03. The van der Waals surface area contributed by atoms with Crippen molar-refractivity contribution in [2.45, 2.75) is 96.8 Å². The highest BCUT2D eigenvalue weighted by Crippen LogP contribution is 2.17. The molecule has 0 saturated heterocycles. The second-order valence-electron chi connectivity index (χ2n) is 7.23. The van der Waals surface area contributed by atoms with Crippen molar-refractivity contribution >= 4 is 0 Å². The van der Waals surface area contributed by atoms with E-state index in [1.807, 2.05) is 0 Å². The molecule has 1 atom stereocenters. The lowest BCUT2D eigenvalue weighted by Crippen LogP contribution is -2.00. The summed E-state index contributed by atoms with van der Waals surface area (Å²) < 4.78 is 0. The van der Waals surface area contributed by atoms with Crippen LogP contribution in [0.4, 0.5) is 0 Å². The molecule has 0 aliphatic rings. The van der Waals surface area contributed by atoms with E-state index in [0.29, 0.717) is 5.92 Å². The Balaban J connectivity index is 1.82. The van der Waals surface area contributed by atoms with E-state index in [1.54, 1.807) is 0 Å². The lowest BCUT2D eigenvalue weighted by Gasteiger charge is -2.11. The van der Waals surface area contributed by atoms with Crippen LogP contribution >= 0.6 is 0 Å². The average molecular weight is 316 g/mol. The van der Waals surface area contributed by atoms with Crippen molar-refractivity contribution < 1.29 is 0 Å². The molecule has 1 radical (unpaired) electrons. The van der Waals surface area contributed by atoms with Gasteiger partial charge in [-0.2, -0.15) is 0 Å². The van der Waals surface area contributed by atoms with Crippen LogP contribution in [0.15, 0.2) is 30.3 Å². The van der Waals surface area contributed by atoms with Gasteiger partial charge in [-0.1, -0.05) is 121 Å². The molecule has 0 aliphatic heterocycles. The molecule has 0 saturated carbocycles. The lowest BCUT2D eigenvalue weighted by atomic mass is 9.95. The third-order valence-electron chi connectivity index (χ3n) is 4.83. The van der Waals surface area contributed by atoms with Crippen LogP contribution in [0.3, 0.4) is 0 Å². The van der Waals surface area contributed by atoms with Gasteiger partial charge >= 0.3 is 0 Å². The predicted octanol–water partition coefficient (Wildman–Crippen LogP) is 7.77.